The highest BCUT2D eigenvalue weighted by atomic mass is 15.0. The van der Waals surface area contributed by atoms with Crippen LogP contribution >= 0.6 is 0 Å². The van der Waals surface area contributed by atoms with E-state index in [9.17, 15) is 0 Å². The third-order valence-electron chi connectivity index (χ3n) is 10.7. The lowest BCUT2D eigenvalue weighted by Crippen LogP contribution is -2.19. The summed E-state index contributed by atoms with van der Waals surface area (Å²) in [5.74, 6) is 2.00. The van der Waals surface area contributed by atoms with Crippen molar-refractivity contribution in [2.45, 2.75) is 38.5 Å². The SMILES string of the molecule is CC1(C)C2=C(c3ccc(-c4ccccc4)cc31)C(C)(C)c1cc(-c3ccc(-c4nc(-c5ccccc5)nc(-c5ccccc5)n4)cc3)ccc12. The molecule has 2 aliphatic carbocycles. The van der Waals surface area contributed by atoms with E-state index >= 15 is 0 Å². The molecule has 0 bridgehead atoms. The molecule has 0 aliphatic heterocycles. The third-order valence-corrected chi connectivity index (χ3v) is 10.7. The fourth-order valence-corrected chi connectivity index (χ4v) is 8.13. The summed E-state index contributed by atoms with van der Waals surface area (Å²) in [5.41, 5.74) is 16.1. The molecule has 0 unspecified atom stereocenters. The van der Waals surface area contributed by atoms with E-state index in [1.54, 1.807) is 0 Å². The van der Waals surface area contributed by atoms with Crippen LogP contribution in [0.3, 0.4) is 0 Å². The van der Waals surface area contributed by atoms with Crippen molar-refractivity contribution in [2.24, 2.45) is 0 Å². The average molecular weight is 644 g/mol. The molecule has 0 N–H and O–H groups in total. The number of hydrogen-bond acceptors (Lipinski definition) is 3. The summed E-state index contributed by atoms with van der Waals surface area (Å²) in [6.45, 7) is 9.59. The van der Waals surface area contributed by atoms with Crippen LogP contribution < -0.4 is 0 Å². The van der Waals surface area contributed by atoms with Crippen LogP contribution in [0, 0.1) is 0 Å². The van der Waals surface area contributed by atoms with Gasteiger partial charge in [-0.1, -0.05) is 167 Å². The number of nitrogens with zero attached hydrogens (tertiary/aromatic N) is 3. The summed E-state index contributed by atoms with van der Waals surface area (Å²) < 4.78 is 0. The van der Waals surface area contributed by atoms with E-state index in [0.717, 1.165) is 16.7 Å². The third kappa shape index (κ3) is 4.76. The molecule has 0 saturated heterocycles. The molecule has 2 aliphatic rings. The minimum Gasteiger partial charge on any atom is -0.208 e. The lowest BCUT2D eigenvalue weighted by atomic mass is 9.74. The van der Waals surface area contributed by atoms with Gasteiger partial charge in [-0.25, -0.2) is 15.0 Å². The van der Waals surface area contributed by atoms with Crippen LogP contribution in [0.1, 0.15) is 49.9 Å². The molecule has 0 saturated carbocycles. The molecule has 0 spiro atoms. The Morgan fingerprint density at radius 3 is 1.02 bits per heavy atom. The smallest absolute Gasteiger partial charge is 0.164 e. The average Bonchev–Trinajstić information content (AvgIpc) is 3.56. The number of rotatable bonds is 5. The fraction of sp³-hybridized carbons (Fsp3) is 0.128. The molecule has 3 heteroatoms. The van der Waals surface area contributed by atoms with Gasteiger partial charge in [0.2, 0.25) is 0 Å². The van der Waals surface area contributed by atoms with Crippen LogP contribution in [0.25, 0.3) is 67.6 Å². The minimum absolute atomic E-state index is 0.0944. The highest BCUT2D eigenvalue weighted by Gasteiger charge is 2.49. The van der Waals surface area contributed by atoms with Crippen molar-refractivity contribution < 1.29 is 0 Å². The van der Waals surface area contributed by atoms with Crippen LogP contribution in [0.5, 0.6) is 0 Å². The standard InChI is InChI=1S/C47H37N3/c1-46(2)39-28-35(30-14-8-5-9-15-30)24-26-37(39)41-42(46)38-27-25-36(29-40(38)47(41,3)4)31-20-22-34(23-21-31)45-49-43(32-16-10-6-11-17-32)48-44(50-45)33-18-12-7-13-19-33/h5-29H,1-4H3. The molecule has 240 valence electrons. The maximum atomic E-state index is 4.93. The van der Waals surface area contributed by atoms with Gasteiger partial charge >= 0.3 is 0 Å². The number of fused-ring (bicyclic) bond motifs is 4. The monoisotopic (exact) mass is 643 g/mol. The summed E-state index contributed by atoms with van der Waals surface area (Å²) in [4.78, 5) is 14.7. The van der Waals surface area contributed by atoms with Crippen molar-refractivity contribution in [2.75, 3.05) is 0 Å². The van der Waals surface area contributed by atoms with Gasteiger partial charge in [-0.15, -0.1) is 0 Å². The molecule has 6 aromatic carbocycles. The van der Waals surface area contributed by atoms with Gasteiger partial charge in [0.15, 0.2) is 17.5 Å². The zero-order valence-corrected chi connectivity index (χ0v) is 28.8. The molecule has 1 aromatic heterocycles. The van der Waals surface area contributed by atoms with Crippen molar-refractivity contribution in [3.05, 3.63) is 174 Å². The van der Waals surface area contributed by atoms with Crippen LogP contribution in [0.4, 0.5) is 0 Å². The maximum Gasteiger partial charge on any atom is 0.164 e. The molecule has 9 rings (SSSR count). The predicted octanol–water partition coefficient (Wildman–Crippen LogP) is 11.7. The Morgan fingerprint density at radius 1 is 0.320 bits per heavy atom. The first kappa shape index (κ1) is 30.2. The van der Waals surface area contributed by atoms with E-state index < -0.39 is 0 Å². The number of hydrogen-bond donors (Lipinski definition) is 0. The first-order valence-electron chi connectivity index (χ1n) is 17.4. The first-order valence-corrected chi connectivity index (χ1v) is 17.4. The van der Waals surface area contributed by atoms with Gasteiger partial charge in [-0.3, -0.25) is 0 Å². The molecule has 0 radical (unpaired) electrons. The topological polar surface area (TPSA) is 38.7 Å². The van der Waals surface area contributed by atoms with Gasteiger partial charge in [0, 0.05) is 27.5 Å². The van der Waals surface area contributed by atoms with Gasteiger partial charge in [-0.05, 0) is 67.8 Å². The van der Waals surface area contributed by atoms with E-state index in [-0.39, 0.29) is 10.8 Å². The Hall–Kier alpha value is -5.93. The van der Waals surface area contributed by atoms with Gasteiger partial charge in [-0.2, -0.15) is 0 Å². The Labute approximate surface area is 294 Å². The van der Waals surface area contributed by atoms with Crippen molar-refractivity contribution in [3.8, 4) is 56.4 Å². The van der Waals surface area contributed by atoms with E-state index in [1.165, 1.54) is 55.7 Å². The Kier molecular flexibility index (Phi) is 6.82. The van der Waals surface area contributed by atoms with Crippen LogP contribution in [-0.4, -0.2) is 15.0 Å². The quantitative estimate of drug-likeness (QED) is 0.187. The number of aromatic nitrogens is 3. The highest BCUT2D eigenvalue weighted by Crippen LogP contribution is 2.63. The Morgan fingerprint density at radius 2 is 0.620 bits per heavy atom. The molecule has 50 heavy (non-hydrogen) atoms. The van der Waals surface area contributed by atoms with E-state index in [1.807, 2.05) is 60.7 Å². The predicted molar refractivity (Wildman–Crippen MR) is 206 cm³/mol. The van der Waals surface area contributed by atoms with Gasteiger partial charge < -0.3 is 0 Å². The Bertz CT molecular complexity index is 2380. The fourth-order valence-electron chi connectivity index (χ4n) is 8.13. The van der Waals surface area contributed by atoms with Gasteiger partial charge in [0.25, 0.3) is 0 Å². The van der Waals surface area contributed by atoms with Crippen molar-refractivity contribution in [1.82, 2.24) is 15.0 Å². The van der Waals surface area contributed by atoms with Gasteiger partial charge in [0.05, 0.1) is 0 Å². The van der Waals surface area contributed by atoms with Crippen LogP contribution in [0.2, 0.25) is 0 Å². The maximum absolute atomic E-state index is 4.93. The highest BCUT2D eigenvalue weighted by molar-refractivity contribution is 6.10. The zero-order chi connectivity index (χ0) is 34.0. The van der Waals surface area contributed by atoms with Crippen molar-refractivity contribution >= 4 is 11.1 Å². The molecular weight excluding hydrogens is 607 g/mol. The largest absolute Gasteiger partial charge is 0.208 e. The second-order valence-electron chi connectivity index (χ2n) is 14.5. The second-order valence-corrected chi connectivity index (χ2v) is 14.5. The molecule has 0 amide bonds. The lowest BCUT2D eigenvalue weighted by molar-refractivity contribution is 0.694. The zero-order valence-electron chi connectivity index (χ0n) is 28.8. The Balaban J connectivity index is 1.06. The van der Waals surface area contributed by atoms with Crippen molar-refractivity contribution in [3.63, 3.8) is 0 Å². The van der Waals surface area contributed by atoms with Crippen molar-refractivity contribution in [1.29, 1.82) is 0 Å². The molecule has 0 atom stereocenters. The second kappa shape index (κ2) is 11.3. The van der Waals surface area contributed by atoms with Crippen LogP contribution in [-0.2, 0) is 10.8 Å². The first-order chi connectivity index (χ1) is 24.3. The summed E-state index contributed by atoms with van der Waals surface area (Å²) >= 11 is 0. The van der Waals surface area contributed by atoms with Gasteiger partial charge in [0.1, 0.15) is 0 Å². The molecular formula is C47H37N3. The molecule has 7 aromatic rings. The van der Waals surface area contributed by atoms with E-state index in [4.69, 9.17) is 15.0 Å². The molecule has 1 heterocycles. The number of allylic oxidation sites excluding steroid dienone is 2. The number of benzene rings is 6. The van der Waals surface area contributed by atoms with E-state index in [2.05, 4.69) is 119 Å². The summed E-state index contributed by atoms with van der Waals surface area (Å²) in [6.07, 6.45) is 0. The summed E-state index contributed by atoms with van der Waals surface area (Å²) in [7, 11) is 0. The molecule has 0 fully saturated rings. The molecule has 3 nitrogen and oxygen atoms in total. The lowest BCUT2D eigenvalue weighted by Gasteiger charge is -2.29. The summed E-state index contributed by atoms with van der Waals surface area (Å²) in [6, 6.07) is 53.8. The summed E-state index contributed by atoms with van der Waals surface area (Å²) in [5, 5.41) is 0. The minimum atomic E-state index is -0.121. The van der Waals surface area contributed by atoms with Crippen LogP contribution in [0.15, 0.2) is 152 Å². The normalized spacial score (nSPS) is 15.0. The van der Waals surface area contributed by atoms with E-state index in [0.29, 0.717) is 17.5 Å².